The second kappa shape index (κ2) is 8.38. The third-order valence-corrected chi connectivity index (χ3v) is 4.36. The second-order valence-corrected chi connectivity index (χ2v) is 6.57. The first-order valence-electron chi connectivity index (χ1n) is 8.66. The van der Waals surface area contributed by atoms with E-state index in [1.807, 2.05) is 6.20 Å². The molecule has 1 aliphatic carbocycles. The van der Waals surface area contributed by atoms with Crippen LogP contribution in [-0.2, 0) is 6.54 Å². The van der Waals surface area contributed by atoms with Gasteiger partial charge in [-0.15, -0.1) is 0 Å². The fraction of sp³-hybridized carbons (Fsp3) is 0.722. The third-order valence-electron chi connectivity index (χ3n) is 4.36. The van der Waals surface area contributed by atoms with Crippen molar-refractivity contribution in [3.8, 4) is 0 Å². The predicted octanol–water partition coefficient (Wildman–Crippen LogP) is 4.25. The Kier molecular flexibility index (Phi) is 6.50. The van der Waals surface area contributed by atoms with Crippen LogP contribution in [0.3, 0.4) is 0 Å². The monoisotopic (exact) mass is 289 g/mol. The Bertz CT molecular complexity index is 439. The van der Waals surface area contributed by atoms with Crippen LogP contribution in [-0.4, -0.2) is 22.4 Å². The van der Waals surface area contributed by atoms with Crippen LogP contribution in [0.25, 0.3) is 6.08 Å². The Balaban J connectivity index is 2.15. The lowest BCUT2D eigenvalue weighted by Gasteiger charge is -2.25. The van der Waals surface area contributed by atoms with Crippen LogP contribution < -0.4 is 5.32 Å². The minimum absolute atomic E-state index is 0.539. The fourth-order valence-corrected chi connectivity index (χ4v) is 3.16. The van der Waals surface area contributed by atoms with Gasteiger partial charge in [0.15, 0.2) is 0 Å². The van der Waals surface area contributed by atoms with Crippen LogP contribution in [0.15, 0.2) is 17.8 Å². The van der Waals surface area contributed by atoms with Gasteiger partial charge in [-0.05, 0) is 37.3 Å². The summed E-state index contributed by atoms with van der Waals surface area (Å²) in [5.41, 5.74) is 2.84. The molecule has 1 aliphatic rings. The molecule has 0 bridgehead atoms. The molecule has 0 radical (unpaired) electrons. The summed E-state index contributed by atoms with van der Waals surface area (Å²) in [4.78, 5) is 0. The topological polar surface area (TPSA) is 29.9 Å². The number of aryl methyl sites for hydroxylation is 1. The molecule has 1 N–H and O–H groups in total. The molecule has 1 heterocycles. The molecule has 21 heavy (non-hydrogen) atoms. The second-order valence-electron chi connectivity index (χ2n) is 6.57. The minimum Gasteiger partial charge on any atom is -0.311 e. The van der Waals surface area contributed by atoms with Crippen molar-refractivity contribution in [3.63, 3.8) is 0 Å². The summed E-state index contributed by atoms with van der Waals surface area (Å²) in [5.74, 6) is 0.759. The van der Waals surface area contributed by atoms with Gasteiger partial charge in [0.2, 0.25) is 0 Å². The summed E-state index contributed by atoms with van der Waals surface area (Å²) in [6.45, 7) is 8.67. The largest absolute Gasteiger partial charge is 0.311 e. The summed E-state index contributed by atoms with van der Waals surface area (Å²) in [5, 5.41) is 8.06. The molecule has 1 saturated carbocycles. The van der Waals surface area contributed by atoms with Crippen molar-refractivity contribution in [1.82, 2.24) is 15.1 Å². The van der Waals surface area contributed by atoms with Gasteiger partial charge in [-0.1, -0.05) is 45.6 Å². The van der Waals surface area contributed by atoms with Crippen LogP contribution in [0, 0.1) is 5.92 Å². The number of nitrogens with zero attached hydrogens (tertiary/aromatic N) is 2. The Labute approximate surface area is 129 Å². The van der Waals surface area contributed by atoms with Crippen molar-refractivity contribution in [2.24, 2.45) is 5.92 Å². The average Bonchev–Trinajstić information content (AvgIpc) is 2.92. The van der Waals surface area contributed by atoms with Gasteiger partial charge in [0.05, 0.1) is 5.69 Å². The molecule has 3 heteroatoms. The first-order chi connectivity index (χ1) is 10.2. The summed E-state index contributed by atoms with van der Waals surface area (Å²) in [6, 6.07) is 2.69. The quantitative estimate of drug-likeness (QED) is 0.813. The van der Waals surface area contributed by atoms with Crippen molar-refractivity contribution in [2.45, 2.75) is 71.9 Å². The number of hydrogen-bond acceptors (Lipinski definition) is 2. The smallest absolute Gasteiger partial charge is 0.0610 e. The van der Waals surface area contributed by atoms with Gasteiger partial charge in [-0.2, -0.15) is 5.10 Å². The number of aromatic nitrogens is 2. The fourth-order valence-electron chi connectivity index (χ4n) is 3.16. The van der Waals surface area contributed by atoms with E-state index in [0.717, 1.165) is 25.4 Å². The first kappa shape index (κ1) is 16.3. The number of hydrogen-bond donors (Lipinski definition) is 1. The molecule has 2 rings (SSSR count). The van der Waals surface area contributed by atoms with Crippen LogP contribution in [0.2, 0.25) is 0 Å². The number of rotatable bonds is 7. The lowest BCUT2D eigenvalue weighted by atomic mass is 9.83. The molecule has 0 aromatic carbocycles. The minimum atomic E-state index is 0.539. The molecule has 0 unspecified atom stereocenters. The van der Waals surface area contributed by atoms with Gasteiger partial charge in [0, 0.05) is 25.3 Å². The van der Waals surface area contributed by atoms with E-state index in [9.17, 15) is 0 Å². The molecular formula is C18H31N3. The van der Waals surface area contributed by atoms with E-state index in [0.29, 0.717) is 6.04 Å². The van der Waals surface area contributed by atoms with Crippen LogP contribution in [0.4, 0.5) is 0 Å². The van der Waals surface area contributed by atoms with Crippen LogP contribution in [0.5, 0.6) is 0 Å². The SMILES string of the molecule is CCCn1nccc1/C=C(/CNC(C)C)C1CCCCC1. The van der Waals surface area contributed by atoms with Crippen molar-refractivity contribution < 1.29 is 0 Å². The highest BCUT2D eigenvalue weighted by molar-refractivity contribution is 5.50. The van der Waals surface area contributed by atoms with E-state index < -0.39 is 0 Å². The molecule has 0 amide bonds. The van der Waals surface area contributed by atoms with E-state index >= 15 is 0 Å². The molecular weight excluding hydrogens is 258 g/mol. The highest BCUT2D eigenvalue weighted by atomic mass is 15.3. The Morgan fingerprint density at radius 3 is 2.81 bits per heavy atom. The molecule has 118 valence electrons. The molecule has 1 aromatic heterocycles. The highest BCUT2D eigenvalue weighted by Crippen LogP contribution is 2.30. The lowest BCUT2D eigenvalue weighted by molar-refractivity contribution is 0.394. The molecule has 1 fully saturated rings. The molecule has 1 aromatic rings. The molecule has 0 atom stereocenters. The zero-order valence-electron chi connectivity index (χ0n) is 13.9. The number of nitrogens with one attached hydrogen (secondary N) is 1. The van der Waals surface area contributed by atoms with E-state index in [1.165, 1.54) is 37.8 Å². The zero-order chi connectivity index (χ0) is 15.1. The molecule has 0 aliphatic heterocycles. The Morgan fingerprint density at radius 1 is 1.38 bits per heavy atom. The van der Waals surface area contributed by atoms with E-state index in [-0.39, 0.29) is 0 Å². The lowest BCUT2D eigenvalue weighted by Crippen LogP contribution is -2.28. The standard InChI is InChI=1S/C18H31N3/c1-4-12-21-18(10-11-20-21)13-17(14-19-15(2)3)16-8-6-5-7-9-16/h10-11,13,15-16,19H,4-9,12,14H2,1-3H3/b17-13-. The summed E-state index contributed by atoms with van der Waals surface area (Å²) < 4.78 is 2.14. The van der Waals surface area contributed by atoms with Crippen LogP contribution in [0.1, 0.15) is 65.0 Å². The van der Waals surface area contributed by atoms with E-state index in [4.69, 9.17) is 0 Å². The van der Waals surface area contributed by atoms with Crippen molar-refractivity contribution in [3.05, 3.63) is 23.5 Å². The maximum atomic E-state index is 4.45. The molecule has 0 spiro atoms. The van der Waals surface area contributed by atoms with Gasteiger partial charge in [0.1, 0.15) is 0 Å². The van der Waals surface area contributed by atoms with Gasteiger partial charge >= 0.3 is 0 Å². The third kappa shape index (κ3) is 4.99. The summed E-state index contributed by atoms with van der Waals surface area (Å²) in [6.07, 6.45) is 12.3. The van der Waals surface area contributed by atoms with Crippen molar-refractivity contribution in [1.29, 1.82) is 0 Å². The average molecular weight is 289 g/mol. The van der Waals surface area contributed by atoms with E-state index in [1.54, 1.807) is 5.57 Å². The normalized spacial score (nSPS) is 17.6. The zero-order valence-corrected chi connectivity index (χ0v) is 13.9. The van der Waals surface area contributed by atoms with Gasteiger partial charge < -0.3 is 5.32 Å². The Hall–Kier alpha value is -1.09. The van der Waals surface area contributed by atoms with Gasteiger partial charge in [0.25, 0.3) is 0 Å². The highest BCUT2D eigenvalue weighted by Gasteiger charge is 2.18. The maximum absolute atomic E-state index is 4.45. The Morgan fingerprint density at radius 2 is 2.14 bits per heavy atom. The maximum Gasteiger partial charge on any atom is 0.0610 e. The van der Waals surface area contributed by atoms with Gasteiger partial charge in [-0.3, -0.25) is 4.68 Å². The molecule has 0 saturated heterocycles. The summed E-state index contributed by atoms with van der Waals surface area (Å²) in [7, 11) is 0. The van der Waals surface area contributed by atoms with Crippen molar-refractivity contribution in [2.75, 3.05) is 6.54 Å². The van der Waals surface area contributed by atoms with Crippen molar-refractivity contribution >= 4 is 6.08 Å². The van der Waals surface area contributed by atoms with Gasteiger partial charge in [-0.25, -0.2) is 0 Å². The first-order valence-corrected chi connectivity index (χ1v) is 8.66. The molecule has 3 nitrogen and oxygen atoms in total. The predicted molar refractivity (Wildman–Crippen MR) is 90.2 cm³/mol. The summed E-state index contributed by atoms with van der Waals surface area (Å²) >= 11 is 0. The van der Waals surface area contributed by atoms with E-state index in [2.05, 4.69) is 48.0 Å². The van der Waals surface area contributed by atoms with Crippen LogP contribution >= 0.6 is 0 Å².